The minimum absolute atomic E-state index is 0.156. The van der Waals surface area contributed by atoms with E-state index in [4.69, 9.17) is 9.47 Å². The molecule has 0 amide bonds. The van der Waals surface area contributed by atoms with Gasteiger partial charge in [0.15, 0.2) is 0 Å². The minimum Gasteiger partial charge on any atom is -0.390 e. The summed E-state index contributed by atoms with van der Waals surface area (Å²) in [4.78, 5) is 0. The summed E-state index contributed by atoms with van der Waals surface area (Å²) < 4.78 is 11.6. The Morgan fingerprint density at radius 1 is 1.38 bits per heavy atom. The Labute approximate surface area is 104 Å². The van der Waals surface area contributed by atoms with Gasteiger partial charge >= 0.3 is 0 Å². The fourth-order valence-electron chi connectivity index (χ4n) is 1.18. The van der Waals surface area contributed by atoms with Crippen molar-refractivity contribution in [3.8, 4) is 0 Å². The van der Waals surface area contributed by atoms with Gasteiger partial charge in [-0.25, -0.2) is 0 Å². The summed E-state index contributed by atoms with van der Waals surface area (Å²) in [5.41, 5.74) is 0. The van der Waals surface area contributed by atoms with Crippen molar-refractivity contribution < 1.29 is 19.7 Å². The monoisotopic (exact) mass is 414 g/mol. The van der Waals surface area contributed by atoms with E-state index in [1.165, 1.54) is 0 Å². The molecule has 2 N–H and O–H groups in total. The van der Waals surface area contributed by atoms with Gasteiger partial charge in [-0.3, -0.25) is 0 Å². The van der Waals surface area contributed by atoms with Crippen molar-refractivity contribution in [3.63, 3.8) is 0 Å². The number of ether oxygens (including phenoxy) is 2. The van der Waals surface area contributed by atoms with Crippen LogP contribution in [0, 0.1) is 0 Å². The second-order valence-electron chi connectivity index (χ2n) is 2.82. The van der Waals surface area contributed by atoms with Crippen LogP contribution >= 0.6 is 45.2 Å². The maximum atomic E-state index is 9.71. The van der Waals surface area contributed by atoms with Gasteiger partial charge in [0.1, 0.15) is 19.0 Å². The predicted molar refractivity (Wildman–Crippen MR) is 64.4 cm³/mol. The Kier molecular flexibility index (Phi) is 5.72. The lowest BCUT2D eigenvalue weighted by molar-refractivity contribution is -0.241. The van der Waals surface area contributed by atoms with E-state index >= 15 is 0 Å². The summed E-state index contributed by atoms with van der Waals surface area (Å²) in [5, 5.41) is 19.2. The van der Waals surface area contributed by atoms with Crippen molar-refractivity contribution in [2.45, 2.75) is 24.4 Å². The highest BCUT2D eigenvalue weighted by molar-refractivity contribution is 14.1. The third-order valence-electron chi connectivity index (χ3n) is 1.95. The number of halogens is 2. The highest BCUT2D eigenvalue weighted by Gasteiger charge is 2.36. The van der Waals surface area contributed by atoms with Gasteiger partial charge in [0.05, 0.1) is 12.2 Å². The summed E-state index contributed by atoms with van der Waals surface area (Å²) >= 11 is 4.20. The van der Waals surface area contributed by atoms with Crippen LogP contribution in [0.15, 0.2) is 0 Å². The standard InChI is InChI=1S/C7H12I2O4/c8-1-4(10)7-6(11)5(2-9)12-3-13-7/h4-7,10-11H,1-3H2/t4-,5+,6-,7+/m1/s1. The summed E-state index contributed by atoms with van der Waals surface area (Å²) in [5.74, 6) is 0. The summed E-state index contributed by atoms with van der Waals surface area (Å²) in [6.45, 7) is 0.156. The summed E-state index contributed by atoms with van der Waals surface area (Å²) in [7, 11) is 0. The zero-order chi connectivity index (χ0) is 9.84. The van der Waals surface area contributed by atoms with Crippen molar-refractivity contribution in [3.05, 3.63) is 0 Å². The maximum Gasteiger partial charge on any atom is 0.147 e. The normalized spacial score (nSPS) is 37.4. The smallest absolute Gasteiger partial charge is 0.147 e. The molecule has 0 saturated carbocycles. The van der Waals surface area contributed by atoms with Crippen LogP contribution in [-0.2, 0) is 9.47 Å². The molecule has 1 heterocycles. The Balaban J connectivity index is 2.54. The van der Waals surface area contributed by atoms with Crippen molar-refractivity contribution >= 4 is 45.2 Å². The number of aliphatic hydroxyl groups excluding tert-OH is 2. The van der Waals surface area contributed by atoms with Gasteiger partial charge in [0.25, 0.3) is 0 Å². The lowest BCUT2D eigenvalue weighted by Crippen LogP contribution is -2.52. The van der Waals surface area contributed by atoms with E-state index in [1.807, 2.05) is 0 Å². The second-order valence-corrected chi connectivity index (χ2v) is 4.58. The Morgan fingerprint density at radius 2 is 2.08 bits per heavy atom. The summed E-state index contributed by atoms with van der Waals surface area (Å²) in [6.07, 6.45) is -2.08. The third-order valence-corrected chi connectivity index (χ3v) is 3.72. The zero-order valence-corrected chi connectivity index (χ0v) is 11.2. The van der Waals surface area contributed by atoms with Crippen LogP contribution in [0.25, 0.3) is 0 Å². The topological polar surface area (TPSA) is 58.9 Å². The molecule has 0 aromatic rings. The molecule has 0 aromatic heterocycles. The minimum atomic E-state index is -0.726. The maximum absolute atomic E-state index is 9.71. The van der Waals surface area contributed by atoms with E-state index in [9.17, 15) is 10.2 Å². The average molecular weight is 414 g/mol. The van der Waals surface area contributed by atoms with E-state index < -0.39 is 18.3 Å². The first-order valence-corrected chi connectivity index (χ1v) is 6.97. The largest absolute Gasteiger partial charge is 0.390 e. The van der Waals surface area contributed by atoms with E-state index in [2.05, 4.69) is 45.2 Å². The van der Waals surface area contributed by atoms with Crippen LogP contribution in [0.3, 0.4) is 0 Å². The highest BCUT2D eigenvalue weighted by atomic mass is 127. The van der Waals surface area contributed by atoms with Gasteiger partial charge < -0.3 is 19.7 Å². The number of alkyl halides is 2. The molecular weight excluding hydrogens is 402 g/mol. The van der Waals surface area contributed by atoms with Gasteiger partial charge in [-0.05, 0) is 0 Å². The third kappa shape index (κ3) is 3.13. The van der Waals surface area contributed by atoms with Crippen molar-refractivity contribution in [1.29, 1.82) is 0 Å². The number of aliphatic hydroxyl groups is 2. The molecule has 1 aliphatic rings. The van der Waals surface area contributed by atoms with Crippen molar-refractivity contribution in [2.75, 3.05) is 15.6 Å². The number of rotatable bonds is 3. The van der Waals surface area contributed by atoms with Gasteiger partial charge in [-0.15, -0.1) is 0 Å². The van der Waals surface area contributed by atoms with Crippen LogP contribution in [-0.4, -0.2) is 50.3 Å². The summed E-state index contributed by atoms with van der Waals surface area (Å²) in [6, 6.07) is 0. The first kappa shape index (κ1) is 12.4. The first-order chi connectivity index (χ1) is 6.20. The number of hydrogen-bond donors (Lipinski definition) is 2. The fourth-order valence-corrected chi connectivity index (χ4v) is 2.45. The van der Waals surface area contributed by atoms with E-state index in [0.29, 0.717) is 8.86 Å². The van der Waals surface area contributed by atoms with E-state index in [1.54, 1.807) is 0 Å². The van der Waals surface area contributed by atoms with Gasteiger partial charge in [0.2, 0.25) is 0 Å². The molecule has 0 aliphatic carbocycles. The molecule has 4 atom stereocenters. The second kappa shape index (κ2) is 6.01. The van der Waals surface area contributed by atoms with Crippen LogP contribution in [0.2, 0.25) is 0 Å². The molecule has 0 unspecified atom stereocenters. The molecule has 0 spiro atoms. The molecule has 6 heteroatoms. The lowest BCUT2D eigenvalue weighted by Gasteiger charge is -2.35. The Morgan fingerprint density at radius 3 is 2.62 bits per heavy atom. The SMILES string of the molecule is O[C@H]1[C@H]([C@H](O)CI)OCO[C@H]1CI. The Bertz CT molecular complexity index is 157. The van der Waals surface area contributed by atoms with Crippen LogP contribution < -0.4 is 0 Å². The molecule has 13 heavy (non-hydrogen) atoms. The molecule has 0 bridgehead atoms. The molecule has 0 aromatic carbocycles. The van der Waals surface area contributed by atoms with E-state index in [0.717, 1.165) is 0 Å². The van der Waals surface area contributed by atoms with Crippen LogP contribution in [0.5, 0.6) is 0 Å². The van der Waals surface area contributed by atoms with Crippen molar-refractivity contribution in [1.82, 2.24) is 0 Å². The van der Waals surface area contributed by atoms with Crippen LogP contribution in [0.4, 0.5) is 0 Å². The number of hydrogen-bond acceptors (Lipinski definition) is 4. The molecule has 1 fully saturated rings. The quantitative estimate of drug-likeness (QED) is 0.517. The molecule has 1 aliphatic heterocycles. The molecule has 1 saturated heterocycles. The lowest BCUT2D eigenvalue weighted by atomic mass is 10.0. The van der Waals surface area contributed by atoms with Gasteiger partial charge in [0, 0.05) is 8.86 Å². The fraction of sp³-hybridized carbons (Fsp3) is 1.00. The Hall–Kier alpha value is 1.30. The predicted octanol–water partition coefficient (Wildman–Crippen LogP) is 0.320. The van der Waals surface area contributed by atoms with Gasteiger partial charge in [-0.1, -0.05) is 45.2 Å². The van der Waals surface area contributed by atoms with E-state index in [-0.39, 0.29) is 12.9 Å². The van der Waals surface area contributed by atoms with Crippen LogP contribution in [0.1, 0.15) is 0 Å². The molecule has 78 valence electrons. The van der Waals surface area contributed by atoms with Gasteiger partial charge in [-0.2, -0.15) is 0 Å². The highest BCUT2D eigenvalue weighted by Crippen LogP contribution is 2.19. The molecule has 4 nitrogen and oxygen atoms in total. The first-order valence-electron chi connectivity index (χ1n) is 3.92. The molecule has 1 rings (SSSR count). The molecule has 0 radical (unpaired) electrons. The molecular formula is C7H12I2O4. The zero-order valence-electron chi connectivity index (χ0n) is 6.90. The average Bonchev–Trinajstić information content (AvgIpc) is 2.17. The van der Waals surface area contributed by atoms with Crippen molar-refractivity contribution in [2.24, 2.45) is 0 Å².